The third-order valence-corrected chi connectivity index (χ3v) is 2.21. The molecule has 0 bridgehead atoms. The largest absolute Gasteiger partial charge is 0.486 e. The fraction of sp³-hybridized carbons (Fsp3) is 0.182. The molecule has 3 nitrogen and oxygen atoms in total. The predicted octanol–water partition coefficient (Wildman–Crippen LogP) is 2.09. The highest BCUT2D eigenvalue weighted by Gasteiger charge is 2.19. The molecule has 0 aromatic heterocycles. The summed E-state index contributed by atoms with van der Waals surface area (Å²) in [4.78, 5) is 5.16. The standard InChI is InChI=1S/C11H9NO2/c1-2-4-11-9(3-1)10(7-13-11)12-14-8-5-6-8/h1-5H,6-7H2/b12-10+. The quantitative estimate of drug-likeness (QED) is 0.664. The van der Waals surface area contributed by atoms with Crippen LogP contribution in [0.3, 0.4) is 0 Å². The summed E-state index contributed by atoms with van der Waals surface area (Å²) in [6, 6.07) is 7.85. The van der Waals surface area contributed by atoms with E-state index in [1.807, 2.05) is 30.3 Å². The van der Waals surface area contributed by atoms with E-state index >= 15 is 0 Å². The topological polar surface area (TPSA) is 30.8 Å². The molecule has 0 fully saturated rings. The van der Waals surface area contributed by atoms with Crippen LogP contribution in [-0.2, 0) is 4.84 Å². The summed E-state index contributed by atoms with van der Waals surface area (Å²) in [5.41, 5.74) is 1.90. The van der Waals surface area contributed by atoms with E-state index in [-0.39, 0.29) is 0 Å². The Labute approximate surface area is 81.6 Å². The van der Waals surface area contributed by atoms with E-state index in [0.717, 1.165) is 29.2 Å². The van der Waals surface area contributed by atoms with Crippen LogP contribution in [-0.4, -0.2) is 12.3 Å². The van der Waals surface area contributed by atoms with E-state index in [1.165, 1.54) is 0 Å². The molecule has 1 aromatic rings. The van der Waals surface area contributed by atoms with E-state index in [1.54, 1.807) is 0 Å². The van der Waals surface area contributed by atoms with Gasteiger partial charge in [-0.1, -0.05) is 17.3 Å². The highest BCUT2D eigenvalue weighted by atomic mass is 16.6. The molecular weight excluding hydrogens is 178 g/mol. The van der Waals surface area contributed by atoms with E-state index < -0.39 is 0 Å². The molecule has 2 aliphatic rings. The number of rotatable bonds is 2. The molecule has 14 heavy (non-hydrogen) atoms. The van der Waals surface area contributed by atoms with Gasteiger partial charge in [-0.15, -0.1) is 0 Å². The molecular formula is C11H9NO2. The second kappa shape index (κ2) is 2.87. The van der Waals surface area contributed by atoms with Gasteiger partial charge in [0.25, 0.3) is 0 Å². The minimum absolute atomic E-state index is 0.507. The molecule has 1 aliphatic heterocycles. The lowest BCUT2D eigenvalue weighted by molar-refractivity contribution is 0.241. The maximum absolute atomic E-state index is 5.43. The van der Waals surface area contributed by atoms with Crippen molar-refractivity contribution in [2.75, 3.05) is 6.61 Å². The van der Waals surface area contributed by atoms with Gasteiger partial charge in [-0.3, -0.25) is 0 Å². The highest BCUT2D eigenvalue weighted by molar-refractivity contribution is 6.05. The number of allylic oxidation sites excluding steroid dienone is 2. The maximum atomic E-state index is 5.43. The Hall–Kier alpha value is -1.77. The molecule has 0 radical (unpaired) electrons. The molecule has 0 unspecified atom stereocenters. The van der Waals surface area contributed by atoms with Crippen LogP contribution in [0.4, 0.5) is 0 Å². The first kappa shape index (κ1) is 7.62. The summed E-state index contributed by atoms with van der Waals surface area (Å²) < 4.78 is 5.43. The van der Waals surface area contributed by atoms with Crippen molar-refractivity contribution in [3.05, 3.63) is 41.7 Å². The Morgan fingerprint density at radius 3 is 3.00 bits per heavy atom. The zero-order valence-corrected chi connectivity index (χ0v) is 7.56. The number of hydrogen-bond acceptors (Lipinski definition) is 3. The number of nitrogens with zero attached hydrogens (tertiary/aromatic N) is 1. The van der Waals surface area contributed by atoms with Crippen LogP contribution < -0.4 is 4.74 Å². The van der Waals surface area contributed by atoms with Crippen molar-refractivity contribution in [1.29, 1.82) is 0 Å². The summed E-state index contributed by atoms with van der Waals surface area (Å²) in [5.74, 6) is 1.83. The summed E-state index contributed by atoms with van der Waals surface area (Å²) in [7, 11) is 0. The van der Waals surface area contributed by atoms with Gasteiger partial charge in [-0.2, -0.15) is 0 Å². The number of ether oxygens (including phenoxy) is 1. The fourth-order valence-electron chi connectivity index (χ4n) is 1.36. The van der Waals surface area contributed by atoms with E-state index in [4.69, 9.17) is 9.57 Å². The van der Waals surface area contributed by atoms with E-state index in [0.29, 0.717) is 6.61 Å². The van der Waals surface area contributed by atoms with Crippen molar-refractivity contribution in [3.63, 3.8) is 0 Å². The first-order valence-electron chi connectivity index (χ1n) is 4.58. The number of oxime groups is 1. The molecule has 70 valence electrons. The number of benzene rings is 1. The zero-order chi connectivity index (χ0) is 9.38. The minimum Gasteiger partial charge on any atom is -0.486 e. The molecule has 0 saturated heterocycles. The first-order valence-corrected chi connectivity index (χ1v) is 4.58. The van der Waals surface area contributed by atoms with Crippen molar-refractivity contribution in [3.8, 4) is 5.75 Å². The maximum Gasteiger partial charge on any atom is 0.135 e. The SMILES string of the molecule is C1=C(O/N=C2\COc3ccccc32)C1. The second-order valence-corrected chi connectivity index (χ2v) is 3.29. The summed E-state index contributed by atoms with van der Waals surface area (Å²) in [5, 5.41) is 4.05. The van der Waals surface area contributed by atoms with Crippen molar-refractivity contribution in [2.45, 2.75) is 6.42 Å². The Bertz CT molecular complexity index is 435. The molecule has 1 heterocycles. The van der Waals surface area contributed by atoms with Gasteiger partial charge >= 0.3 is 0 Å². The Morgan fingerprint density at radius 1 is 1.29 bits per heavy atom. The van der Waals surface area contributed by atoms with Gasteiger partial charge in [-0.25, -0.2) is 0 Å². The van der Waals surface area contributed by atoms with Crippen LogP contribution in [0.2, 0.25) is 0 Å². The highest BCUT2D eigenvalue weighted by Crippen LogP contribution is 2.26. The molecule has 0 spiro atoms. The zero-order valence-electron chi connectivity index (χ0n) is 7.56. The lowest BCUT2D eigenvalue weighted by Crippen LogP contribution is -2.02. The summed E-state index contributed by atoms with van der Waals surface area (Å²) >= 11 is 0. The average Bonchev–Trinajstić information content (AvgIpc) is 2.96. The van der Waals surface area contributed by atoms with E-state index in [2.05, 4.69) is 5.16 Å². The summed E-state index contributed by atoms with van der Waals surface area (Å²) in [6.45, 7) is 0.507. The molecule has 1 aromatic carbocycles. The third kappa shape index (κ3) is 1.27. The van der Waals surface area contributed by atoms with Crippen molar-refractivity contribution in [1.82, 2.24) is 0 Å². The lowest BCUT2D eigenvalue weighted by atomic mass is 10.1. The van der Waals surface area contributed by atoms with Gasteiger partial charge in [0, 0.05) is 12.0 Å². The molecule has 3 rings (SSSR count). The molecule has 0 saturated carbocycles. The summed E-state index contributed by atoms with van der Waals surface area (Å²) in [6.07, 6.45) is 2.92. The average molecular weight is 187 g/mol. The number of hydrogen-bond donors (Lipinski definition) is 0. The normalized spacial score (nSPS) is 20.0. The van der Waals surface area contributed by atoms with Crippen LogP contribution in [0, 0.1) is 0 Å². The molecule has 0 atom stereocenters. The Kier molecular flexibility index (Phi) is 1.56. The molecule has 0 N–H and O–H groups in total. The predicted molar refractivity (Wildman–Crippen MR) is 52.3 cm³/mol. The number of para-hydroxylation sites is 1. The monoisotopic (exact) mass is 187 g/mol. The van der Waals surface area contributed by atoms with E-state index in [9.17, 15) is 0 Å². The van der Waals surface area contributed by atoms with Crippen molar-refractivity contribution >= 4 is 5.71 Å². The van der Waals surface area contributed by atoms with Gasteiger partial charge in [-0.05, 0) is 18.2 Å². The number of fused-ring (bicyclic) bond motifs is 1. The molecule has 0 amide bonds. The van der Waals surface area contributed by atoms with Gasteiger partial charge in [0.15, 0.2) is 0 Å². The van der Waals surface area contributed by atoms with Gasteiger partial charge in [0.05, 0.1) is 0 Å². The van der Waals surface area contributed by atoms with Crippen LogP contribution in [0.15, 0.2) is 41.3 Å². The second-order valence-electron chi connectivity index (χ2n) is 3.29. The van der Waals surface area contributed by atoms with Crippen molar-refractivity contribution < 1.29 is 9.57 Å². The smallest absolute Gasteiger partial charge is 0.135 e. The first-order chi connectivity index (χ1) is 6.93. The van der Waals surface area contributed by atoms with Crippen molar-refractivity contribution in [2.24, 2.45) is 5.16 Å². The van der Waals surface area contributed by atoms with Gasteiger partial charge in [0.2, 0.25) is 0 Å². The fourth-order valence-corrected chi connectivity index (χ4v) is 1.36. The van der Waals surface area contributed by atoms with Gasteiger partial charge in [0.1, 0.15) is 23.8 Å². The Morgan fingerprint density at radius 2 is 2.14 bits per heavy atom. The van der Waals surface area contributed by atoms with Gasteiger partial charge < -0.3 is 9.57 Å². The molecule has 3 heteroatoms. The van der Waals surface area contributed by atoms with Crippen LogP contribution in [0.25, 0.3) is 0 Å². The van der Waals surface area contributed by atoms with Crippen LogP contribution >= 0.6 is 0 Å². The third-order valence-electron chi connectivity index (χ3n) is 2.21. The lowest BCUT2D eigenvalue weighted by Gasteiger charge is -1.94. The molecule has 1 aliphatic carbocycles. The van der Waals surface area contributed by atoms with Crippen LogP contribution in [0.1, 0.15) is 12.0 Å². The van der Waals surface area contributed by atoms with Crippen LogP contribution in [0.5, 0.6) is 5.75 Å². The Balaban J connectivity index is 1.88. The minimum atomic E-state index is 0.507.